The first kappa shape index (κ1) is 17.0. The zero-order valence-electron chi connectivity index (χ0n) is 14.9. The molecular formula is C18H27N3O3. The van der Waals surface area contributed by atoms with Crippen molar-refractivity contribution >= 4 is 11.8 Å². The second-order valence-corrected chi connectivity index (χ2v) is 7.35. The average Bonchev–Trinajstić information content (AvgIpc) is 3.12. The number of carbonyl (C=O) groups excluding carboxylic acids is 2. The number of hydrogen-bond donors (Lipinski definition) is 1. The fraction of sp³-hybridized carbons (Fsp3) is 0.722. The van der Waals surface area contributed by atoms with E-state index in [0.29, 0.717) is 25.8 Å². The lowest BCUT2D eigenvalue weighted by Crippen LogP contribution is -2.54. The van der Waals surface area contributed by atoms with Crippen molar-refractivity contribution in [2.45, 2.75) is 64.8 Å². The molecule has 24 heavy (non-hydrogen) atoms. The zero-order chi connectivity index (χ0) is 17.3. The van der Waals surface area contributed by atoms with Gasteiger partial charge in [0.05, 0.1) is 5.69 Å². The molecule has 0 spiro atoms. The van der Waals surface area contributed by atoms with Gasteiger partial charge in [-0.3, -0.25) is 9.59 Å². The molecule has 0 radical (unpaired) electrons. The van der Waals surface area contributed by atoms with Crippen molar-refractivity contribution < 1.29 is 14.1 Å². The number of carbonyl (C=O) groups is 2. The van der Waals surface area contributed by atoms with E-state index in [0.717, 1.165) is 42.7 Å². The summed E-state index contributed by atoms with van der Waals surface area (Å²) in [5.74, 6) is 1.10. The van der Waals surface area contributed by atoms with Crippen molar-refractivity contribution in [2.75, 3.05) is 13.6 Å². The summed E-state index contributed by atoms with van der Waals surface area (Å²) in [6, 6.07) is 0.279. The Morgan fingerprint density at radius 2 is 2.21 bits per heavy atom. The van der Waals surface area contributed by atoms with Crippen LogP contribution in [0.4, 0.5) is 0 Å². The second kappa shape index (κ2) is 6.57. The van der Waals surface area contributed by atoms with E-state index in [-0.39, 0.29) is 23.3 Å². The van der Waals surface area contributed by atoms with Gasteiger partial charge in [-0.25, -0.2) is 0 Å². The lowest BCUT2D eigenvalue weighted by Gasteiger charge is -2.44. The van der Waals surface area contributed by atoms with E-state index in [1.165, 1.54) is 0 Å². The third-order valence-electron chi connectivity index (χ3n) is 5.98. The molecule has 2 aliphatic rings. The van der Waals surface area contributed by atoms with Gasteiger partial charge in [0.1, 0.15) is 5.76 Å². The van der Waals surface area contributed by atoms with Crippen LogP contribution in [0.15, 0.2) is 4.52 Å². The summed E-state index contributed by atoms with van der Waals surface area (Å²) in [7, 11) is 1.91. The van der Waals surface area contributed by atoms with Gasteiger partial charge in [-0.05, 0) is 39.5 Å². The number of amides is 2. The van der Waals surface area contributed by atoms with Crippen LogP contribution in [0.3, 0.4) is 0 Å². The van der Waals surface area contributed by atoms with Gasteiger partial charge in [-0.1, -0.05) is 11.6 Å². The molecule has 6 heteroatoms. The van der Waals surface area contributed by atoms with E-state index >= 15 is 0 Å². The van der Waals surface area contributed by atoms with E-state index in [1.807, 2.05) is 25.8 Å². The van der Waals surface area contributed by atoms with Gasteiger partial charge in [-0.15, -0.1) is 0 Å². The zero-order valence-corrected chi connectivity index (χ0v) is 14.9. The molecule has 0 unspecified atom stereocenters. The maximum atomic E-state index is 12.3. The summed E-state index contributed by atoms with van der Waals surface area (Å²) in [6.07, 6.45) is 5.88. The van der Waals surface area contributed by atoms with Gasteiger partial charge in [-0.2, -0.15) is 0 Å². The molecule has 2 heterocycles. The van der Waals surface area contributed by atoms with Crippen LogP contribution in [0, 0.1) is 19.3 Å². The molecule has 1 aromatic rings. The predicted molar refractivity (Wildman–Crippen MR) is 89.4 cm³/mol. The normalized spacial score (nSPS) is 26.5. The topological polar surface area (TPSA) is 75.4 Å². The van der Waals surface area contributed by atoms with Crippen LogP contribution in [0.1, 0.15) is 55.5 Å². The fourth-order valence-corrected chi connectivity index (χ4v) is 4.48. The number of rotatable bonds is 5. The van der Waals surface area contributed by atoms with Crippen molar-refractivity contribution in [2.24, 2.45) is 5.41 Å². The third kappa shape index (κ3) is 3.06. The molecule has 3 rings (SSSR count). The van der Waals surface area contributed by atoms with Gasteiger partial charge in [0.2, 0.25) is 11.8 Å². The Kier molecular flexibility index (Phi) is 4.65. The summed E-state index contributed by atoms with van der Waals surface area (Å²) < 4.78 is 5.14. The van der Waals surface area contributed by atoms with Gasteiger partial charge >= 0.3 is 0 Å². The lowest BCUT2D eigenvalue weighted by molar-refractivity contribution is -0.139. The Labute approximate surface area is 142 Å². The van der Waals surface area contributed by atoms with Crippen LogP contribution in [-0.4, -0.2) is 41.5 Å². The first-order chi connectivity index (χ1) is 11.4. The fourth-order valence-electron chi connectivity index (χ4n) is 4.48. The summed E-state index contributed by atoms with van der Waals surface area (Å²) in [5, 5.41) is 7.05. The molecule has 2 atom stereocenters. The van der Waals surface area contributed by atoms with E-state index in [4.69, 9.17) is 4.52 Å². The number of fused-ring (bicyclic) bond motifs is 1. The molecule has 0 aromatic carbocycles. The molecule has 1 N–H and O–H groups in total. The molecule has 1 aliphatic carbocycles. The minimum atomic E-state index is 0.0644. The highest BCUT2D eigenvalue weighted by Crippen LogP contribution is 2.47. The van der Waals surface area contributed by atoms with Crippen LogP contribution >= 0.6 is 0 Å². The maximum Gasteiger partial charge on any atom is 0.222 e. The number of aromatic nitrogens is 1. The van der Waals surface area contributed by atoms with Crippen molar-refractivity contribution in [3.63, 3.8) is 0 Å². The third-order valence-corrected chi connectivity index (χ3v) is 5.98. The molecule has 0 bridgehead atoms. The number of nitrogens with one attached hydrogen (secondary N) is 1. The molecule has 1 saturated carbocycles. The van der Waals surface area contributed by atoms with Crippen molar-refractivity contribution in [3.8, 4) is 0 Å². The van der Waals surface area contributed by atoms with Gasteiger partial charge in [0.15, 0.2) is 0 Å². The second-order valence-electron chi connectivity index (χ2n) is 7.35. The van der Waals surface area contributed by atoms with Crippen LogP contribution in [0.5, 0.6) is 0 Å². The van der Waals surface area contributed by atoms with Crippen molar-refractivity contribution in [1.29, 1.82) is 0 Å². The Balaban J connectivity index is 1.55. The van der Waals surface area contributed by atoms with E-state index in [2.05, 4.69) is 10.5 Å². The van der Waals surface area contributed by atoms with Crippen molar-refractivity contribution in [1.82, 2.24) is 15.4 Å². The highest BCUT2D eigenvalue weighted by Gasteiger charge is 2.49. The monoisotopic (exact) mass is 333 g/mol. The van der Waals surface area contributed by atoms with Crippen LogP contribution in [-0.2, 0) is 16.0 Å². The SMILES string of the molecule is Cc1noc(C)c1CCC(=O)NC[C@@]12CCC[C@H]1N(C)C(=O)CC2. The smallest absolute Gasteiger partial charge is 0.222 e. The maximum absolute atomic E-state index is 12.3. The van der Waals surface area contributed by atoms with Crippen LogP contribution < -0.4 is 5.32 Å². The summed E-state index contributed by atoms with van der Waals surface area (Å²) in [6.45, 7) is 4.46. The van der Waals surface area contributed by atoms with E-state index in [1.54, 1.807) is 0 Å². The number of likely N-dealkylation sites (tertiary alicyclic amines) is 1. The average molecular weight is 333 g/mol. The lowest BCUT2D eigenvalue weighted by atomic mass is 9.74. The summed E-state index contributed by atoms with van der Waals surface area (Å²) in [4.78, 5) is 26.1. The molecule has 1 aliphatic heterocycles. The first-order valence-electron chi connectivity index (χ1n) is 8.87. The van der Waals surface area contributed by atoms with Gasteiger partial charge < -0.3 is 14.7 Å². The highest BCUT2D eigenvalue weighted by atomic mass is 16.5. The molecule has 2 amide bonds. The molecular weight excluding hydrogens is 306 g/mol. The minimum Gasteiger partial charge on any atom is -0.361 e. The predicted octanol–water partition coefficient (Wildman–Crippen LogP) is 2.13. The largest absolute Gasteiger partial charge is 0.361 e. The van der Waals surface area contributed by atoms with Crippen molar-refractivity contribution in [3.05, 3.63) is 17.0 Å². The Bertz CT molecular complexity index is 620. The quantitative estimate of drug-likeness (QED) is 0.896. The highest BCUT2D eigenvalue weighted by molar-refractivity contribution is 5.78. The van der Waals surface area contributed by atoms with Gasteiger partial charge in [0, 0.05) is 43.5 Å². The van der Waals surface area contributed by atoms with E-state index < -0.39 is 0 Å². The number of piperidine rings is 1. The Morgan fingerprint density at radius 3 is 2.92 bits per heavy atom. The van der Waals surface area contributed by atoms with Crippen LogP contribution in [0.2, 0.25) is 0 Å². The minimum absolute atomic E-state index is 0.0644. The standard InChI is InChI=1S/C18H27N3O3/c1-12-14(13(2)24-20-12)6-7-16(22)19-11-18-9-4-5-15(18)21(3)17(23)8-10-18/h15H,4-11H2,1-3H3,(H,19,22)/t15-,18+/m1/s1. The van der Waals surface area contributed by atoms with Gasteiger partial charge in [0.25, 0.3) is 0 Å². The Hall–Kier alpha value is -1.85. The molecule has 132 valence electrons. The first-order valence-corrected chi connectivity index (χ1v) is 8.87. The van der Waals surface area contributed by atoms with E-state index in [9.17, 15) is 9.59 Å². The molecule has 1 saturated heterocycles. The molecule has 6 nitrogen and oxygen atoms in total. The number of aryl methyl sites for hydroxylation is 2. The van der Waals surface area contributed by atoms with Crippen LogP contribution in [0.25, 0.3) is 0 Å². The molecule has 2 fully saturated rings. The molecule has 1 aromatic heterocycles. The number of nitrogens with zero attached hydrogens (tertiary/aromatic N) is 2. The number of hydrogen-bond acceptors (Lipinski definition) is 4. The summed E-state index contributed by atoms with van der Waals surface area (Å²) >= 11 is 0. The summed E-state index contributed by atoms with van der Waals surface area (Å²) in [5.41, 5.74) is 1.97. The Morgan fingerprint density at radius 1 is 1.42 bits per heavy atom.